The van der Waals surface area contributed by atoms with Crippen LogP contribution in [-0.2, 0) is 6.18 Å². The van der Waals surface area contributed by atoms with Gasteiger partial charge in [-0.05, 0) is 30.0 Å². The fourth-order valence-corrected chi connectivity index (χ4v) is 1.65. The van der Waals surface area contributed by atoms with E-state index in [-0.39, 0.29) is 17.3 Å². The van der Waals surface area contributed by atoms with Gasteiger partial charge in [0.2, 0.25) is 0 Å². The van der Waals surface area contributed by atoms with Gasteiger partial charge in [-0.1, -0.05) is 0 Å². The van der Waals surface area contributed by atoms with Crippen LogP contribution in [0.4, 0.5) is 26.3 Å². The minimum absolute atomic E-state index is 0.214. The molecule has 0 N–H and O–H groups in total. The number of thioether (sulfide) groups is 1. The largest absolute Gasteiger partial charge is 0.492 e. The lowest BCUT2D eigenvalue weighted by molar-refractivity contribution is -0.138. The Hall–Kier alpha value is -1.56. The minimum atomic E-state index is -4.75. The summed E-state index contributed by atoms with van der Waals surface area (Å²) in [7, 11) is 0. The molecule has 110 valence electrons. The predicted molar refractivity (Wildman–Crippen MR) is 60.2 cm³/mol. The Labute approximate surface area is 114 Å². The van der Waals surface area contributed by atoms with Crippen LogP contribution in [0.1, 0.15) is 11.1 Å². The molecule has 0 radical (unpaired) electrons. The van der Waals surface area contributed by atoms with Crippen molar-refractivity contribution in [3.8, 4) is 11.8 Å². The lowest BCUT2D eigenvalue weighted by atomic mass is 10.1. The van der Waals surface area contributed by atoms with Crippen LogP contribution < -0.4 is 4.74 Å². The summed E-state index contributed by atoms with van der Waals surface area (Å²) >= 11 is -0.385. The van der Waals surface area contributed by atoms with Crippen LogP contribution in [0.5, 0.6) is 5.75 Å². The molecule has 0 amide bonds. The van der Waals surface area contributed by atoms with Gasteiger partial charge in [0.25, 0.3) is 0 Å². The SMILES string of the molecule is N#Cc1ccc(OCCSC(F)(F)F)c(C(F)(F)F)c1. The summed E-state index contributed by atoms with van der Waals surface area (Å²) in [5.41, 5.74) is -5.86. The summed E-state index contributed by atoms with van der Waals surface area (Å²) in [5, 5.41) is 8.54. The Kier molecular flexibility index (Phi) is 5.16. The first-order valence-corrected chi connectivity index (χ1v) is 6.07. The first-order valence-electron chi connectivity index (χ1n) is 5.08. The average molecular weight is 315 g/mol. The maximum absolute atomic E-state index is 12.7. The van der Waals surface area contributed by atoms with Crippen LogP contribution in [0, 0.1) is 11.3 Å². The summed E-state index contributed by atoms with van der Waals surface area (Å²) in [4.78, 5) is 0. The molecule has 20 heavy (non-hydrogen) atoms. The minimum Gasteiger partial charge on any atom is -0.492 e. The second-order valence-corrected chi connectivity index (χ2v) is 4.62. The van der Waals surface area contributed by atoms with Crippen molar-refractivity contribution in [2.24, 2.45) is 0 Å². The number of ether oxygens (including phenoxy) is 1. The monoisotopic (exact) mass is 315 g/mol. The molecule has 0 fully saturated rings. The highest BCUT2D eigenvalue weighted by Gasteiger charge is 2.35. The zero-order chi connectivity index (χ0) is 15.4. The summed E-state index contributed by atoms with van der Waals surface area (Å²) in [5.74, 6) is -1.12. The van der Waals surface area contributed by atoms with E-state index in [2.05, 4.69) is 0 Å². The molecule has 0 saturated heterocycles. The molecule has 0 atom stereocenters. The van der Waals surface area contributed by atoms with Gasteiger partial charge in [-0.3, -0.25) is 0 Å². The molecule has 9 heteroatoms. The summed E-state index contributed by atoms with van der Waals surface area (Å²) in [6, 6.07) is 4.15. The van der Waals surface area contributed by atoms with Crippen molar-refractivity contribution in [2.45, 2.75) is 11.7 Å². The number of benzene rings is 1. The van der Waals surface area contributed by atoms with Gasteiger partial charge in [-0.25, -0.2) is 0 Å². The number of nitrogens with zero attached hydrogens (tertiary/aromatic N) is 1. The van der Waals surface area contributed by atoms with E-state index in [1.807, 2.05) is 0 Å². The van der Waals surface area contributed by atoms with E-state index in [4.69, 9.17) is 10.00 Å². The number of halogens is 6. The van der Waals surface area contributed by atoms with Gasteiger partial charge in [-0.2, -0.15) is 31.6 Å². The highest BCUT2D eigenvalue weighted by molar-refractivity contribution is 8.00. The Morgan fingerprint density at radius 3 is 2.30 bits per heavy atom. The molecule has 0 unspecified atom stereocenters. The molecule has 1 aromatic carbocycles. The highest BCUT2D eigenvalue weighted by Crippen LogP contribution is 2.37. The van der Waals surface area contributed by atoms with Crippen LogP contribution in [0.25, 0.3) is 0 Å². The first-order chi connectivity index (χ1) is 9.13. The second kappa shape index (κ2) is 6.26. The molecule has 0 bridgehead atoms. The number of hydrogen-bond acceptors (Lipinski definition) is 3. The lowest BCUT2D eigenvalue weighted by Gasteiger charge is -2.14. The Morgan fingerprint density at radius 2 is 1.80 bits per heavy atom. The van der Waals surface area contributed by atoms with E-state index < -0.39 is 35.4 Å². The Morgan fingerprint density at radius 1 is 1.15 bits per heavy atom. The lowest BCUT2D eigenvalue weighted by Crippen LogP contribution is -2.12. The molecule has 1 aromatic rings. The van der Waals surface area contributed by atoms with Crippen molar-refractivity contribution in [3.63, 3.8) is 0 Å². The van der Waals surface area contributed by atoms with Gasteiger partial charge in [0.1, 0.15) is 5.75 Å². The number of nitriles is 1. The van der Waals surface area contributed by atoms with E-state index in [1.54, 1.807) is 6.07 Å². The third kappa shape index (κ3) is 5.21. The molecular formula is C11H7F6NOS. The van der Waals surface area contributed by atoms with E-state index >= 15 is 0 Å². The van der Waals surface area contributed by atoms with Crippen molar-refractivity contribution in [1.29, 1.82) is 5.26 Å². The maximum Gasteiger partial charge on any atom is 0.441 e. The average Bonchev–Trinajstić information content (AvgIpc) is 2.32. The van der Waals surface area contributed by atoms with Crippen molar-refractivity contribution >= 4 is 11.8 Å². The van der Waals surface area contributed by atoms with Crippen LogP contribution in [0.3, 0.4) is 0 Å². The fourth-order valence-electron chi connectivity index (χ4n) is 1.26. The molecule has 0 aliphatic carbocycles. The summed E-state index contributed by atoms with van der Waals surface area (Å²) in [6.07, 6.45) is -4.75. The van der Waals surface area contributed by atoms with E-state index in [9.17, 15) is 26.3 Å². The van der Waals surface area contributed by atoms with Crippen molar-refractivity contribution in [2.75, 3.05) is 12.4 Å². The third-order valence-corrected chi connectivity index (χ3v) is 2.72. The number of hydrogen-bond donors (Lipinski definition) is 0. The Bertz CT molecular complexity index is 505. The second-order valence-electron chi connectivity index (χ2n) is 3.46. The van der Waals surface area contributed by atoms with Crippen molar-refractivity contribution in [1.82, 2.24) is 0 Å². The molecule has 1 rings (SSSR count). The van der Waals surface area contributed by atoms with Crippen LogP contribution >= 0.6 is 11.8 Å². The zero-order valence-electron chi connectivity index (χ0n) is 9.68. The summed E-state index contributed by atoms with van der Waals surface area (Å²) < 4.78 is 78.3. The fraction of sp³-hybridized carbons (Fsp3) is 0.364. The highest BCUT2D eigenvalue weighted by atomic mass is 32.2. The third-order valence-electron chi connectivity index (χ3n) is 2.02. The topological polar surface area (TPSA) is 33.0 Å². The quantitative estimate of drug-likeness (QED) is 0.616. The summed E-state index contributed by atoms with van der Waals surface area (Å²) in [6.45, 7) is -0.529. The van der Waals surface area contributed by atoms with E-state index in [1.165, 1.54) is 0 Å². The van der Waals surface area contributed by atoms with Crippen LogP contribution in [0.15, 0.2) is 18.2 Å². The van der Waals surface area contributed by atoms with Crippen molar-refractivity contribution in [3.05, 3.63) is 29.3 Å². The molecular weight excluding hydrogens is 308 g/mol. The standard InChI is InChI=1S/C11H7F6NOS/c12-10(13,14)8-5-7(6-18)1-2-9(8)19-3-4-20-11(15,16)17/h1-2,5H,3-4H2. The Balaban J connectivity index is 2.78. The van der Waals surface area contributed by atoms with Crippen LogP contribution in [-0.4, -0.2) is 17.9 Å². The van der Waals surface area contributed by atoms with Gasteiger partial charge in [0, 0.05) is 5.75 Å². The number of rotatable bonds is 4. The molecule has 0 aromatic heterocycles. The van der Waals surface area contributed by atoms with Gasteiger partial charge in [-0.15, -0.1) is 0 Å². The smallest absolute Gasteiger partial charge is 0.441 e. The van der Waals surface area contributed by atoms with Gasteiger partial charge in [0.05, 0.1) is 23.8 Å². The van der Waals surface area contributed by atoms with E-state index in [0.717, 1.165) is 12.1 Å². The first kappa shape index (κ1) is 16.5. The van der Waals surface area contributed by atoms with Gasteiger partial charge < -0.3 is 4.74 Å². The van der Waals surface area contributed by atoms with Crippen molar-refractivity contribution < 1.29 is 31.1 Å². The zero-order valence-corrected chi connectivity index (χ0v) is 10.5. The van der Waals surface area contributed by atoms with Gasteiger partial charge in [0.15, 0.2) is 0 Å². The maximum atomic E-state index is 12.7. The molecule has 0 heterocycles. The molecule has 0 spiro atoms. The van der Waals surface area contributed by atoms with Gasteiger partial charge >= 0.3 is 11.7 Å². The molecule has 0 saturated carbocycles. The molecule has 0 aliphatic heterocycles. The molecule has 0 aliphatic rings. The number of alkyl halides is 6. The van der Waals surface area contributed by atoms with E-state index in [0.29, 0.717) is 6.07 Å². The normalized spacial score (nSPS) is 12.1. The predicted octanol–water partition coefficient (Wildman–Crippen LogP) is 4.21. The molecule has 2 nitrogen and oxygen atoms in total. The van der Waals surface area contributed by atoms with Crippen LogP contribution in [0.2, 0.25) is 0 Å².